The van der Waals surface area contributed by atoms with E-state index in [-0.39, 0.29) is 10.9 Å². The largest absolute Gasteiger partial charge is 0.309 e. The molecule has 0 aliphatic heterocycles. The molecular formula is C38H22N2O2. The van der Waals surface area contributed by atoms with Crippen molar-refractivity contribution in [3.8, 4) is 16.8 Å². The molecule has 9 aromatic rings. The van der Waals surface area contributed by atoms with Crippen molar-refractivity contribution in [1.82, 2.24) is 8.97 Å². The van der Waals surface area contributed by atoms with Crippen LogP contribution < -0.4 is 10.9 Å². The molecule has 0 saturated heterocycles. The van der Waals surface area contributed by atoms with Crippen molar-refractivity contribution in [1.29, 1.82) is 0 Å². The summed E-state index contributed by atoms with van der Waals surface area (Å²) in [5.41, 5.74) is 7.11. The molecule has 6 aromatic carbocycles. The van der Waals surface area contributed by atoms with Crippen molar-refractivity contribution < 1.29 is 0 Å². The smallest absolute Gasteiger partial charge is 0.197 e. The van der Waals surface area contributed by atoms with Crippen LogP contribution in [-0.4, -0.2) is 8.97 Å². The zero-order valence-corrected chi connectivity index (χ0v) is 22.4. The summed E-state index contributed by atoms with van der Waals surface area (Å²) in [6.07, 6.45) is 0. The van der Waals surface area contributed by atoms with E-state index in [0.29, 0.717) is 27.1 Å². The van der Waals surface area contributed by atoms with Crippen molar-refractivity contribution in [2.45, 2.75) is 0 Å². The Morgan fingerprint density at radius 2 is 1.07 bits per heavy atom. The van der Waals surface area contributed by atoms with Gasteiger partial charge in [-0.15, -0.1) is 0 Å². The van der Waals surface area contributed by atoms with Crippen molar-refractivity contribution in [2.75, 3.05) is 0 Å². The average Bonchev–Trinajstić information content (AvgIpc) is 3.37. The molecule has 0 radical (unpaired) electrons. The van der Waals surface area contributed by atoms with E-state index < -0.39 is 0 Å². The molecule has 0 unspecified atom stereocenters. The second-order valence-corrected chi connectivity index (χ2v) is 10.8. The van der Waals surface area contributed by atoms with Crippen molar-refractivity contribution in [3.63, 3.8) is 0 Å². The highest BCUT2D eigenvalue weighted by Crippen LogP contribution is 2.37. The molecule has 4 heteroatoms. The molecule has 0 fully saturated rings. The number of para-hydroxylation sites is 3. The first-order valence-corrected chi connectivity index (χ1v) is 14.0. The average molecular weight is 539 g/mol. The maximum atomic E-state index is 14.2. The summed E-state index contributed by atoms with van der Waals surface area (Å²) in [4.78, 5) is 28.4. The van der Waals surface area contributed by atoms with Gasteiger partial charge in [0.2, 0.25) is 0 Å². The van der Waals surface area contributed by atoms with E-state index in [1.54, 1.807) is 0 Å². The van der Waals surface area contributed by atoms with Crippen LogP contribution in [-0.2, 0) is 0 Å². The summed E-state index contributed by atoms with van der Waals surface area (Å²) in [6, 6.07) is 44.3. The third kappa shape index (κ3) is 2.95. The Kier molecular flexibility index (Phi) is 4.59. The Morgan fingerprint density at radius 3 is 1.88 bits per heavy atom. The molecule has 0 aliphatic carbocycles. The number of aromatic nitrogens is 2. The summed E-state index contributed by atoms with van der Waals surface area (Å²) in [6.45, 7) is 0. The number of hydrogen-bond acceptors (Lipinski definition) is 2. The maximum absolute atomic E-state index is 14.2. The zero-order chi connectivity index (χ0) is 27.9. The van der Waals surface area contributed by atoms with Gasteiger partial charge in [-0.05, 0) is 59.7 Å². The molecule has 3 heterocycles. The van der Waals surface area contributed by atoms with E-state index in [2.05, 4.69) is 39.3 Å². The van der Waals surface area contributed by atoms with E-state index in [9.17, 15) is 9.59 Å². The lowest BCUT2D eigenvalue weighted by Crippen LogP contribution is -2.14. The first-order chi connectivity index (χ1) is 20.7. The second-order valence-electron chi connectivity index (χ2n) is 10.8. The molecule has 0 spiro atoms. The second kappa shape index (κ2) is 8.38. The summed E-state index contributed by atoms with van der Waals surface area (Å²) in [5.74, 6) is 0. The number of pyridine rings is 2. The molecular weight excluding hydrogens is 516 g/mol. The van der Waals surface area contributed by atoms with Crippen LogP contribution in [0.25, 0.3) is 76.7 Å². The van der Waals surface area contributed by atoms with Gasteiger partial charge in [0.15, 0.2) is 10.9 Å². The summed E-state index contributed by atoms with van der Waals surface area (Å²) >= 11 is 0. The SMILES string of the molecule is O=c1c2cc3c4ccccc4n(-c4ccccc4)c3cc2n2c3cccc(-c4ccccc4)c3c(=O)c3cccc1c32. The van der Waals surface area contributed by atoms with Gasteiger partial charge in [0.25, 0.3) is 0 Å². The molecule has 0 saturated carbocycles. The lowest BCUT2D eigenvalue weighted by Gasteiger charge is -2.17. The van der Waals surface area contributed by atoms with Crippen LogP contribution in [0, 0.1) is 0 Å². The number of benzene rings is 6. The molecule has 9 rings (SSSR count). The van der Waals surface area contributed by atoms with Gasteiger partial charge in [-0.3, -0.25) is 9.59 Å². The normalized spacial score (nSPS) is 12.0. The minimum absolute atomic E-state index is 0.0618. The molecule has 3 aromatic heterocycles. The molecule has 42 heavy (non-hydrogen) atoms. The van der Waals surface area contributed by atoms with E-state index in [1.807, 2.05) is 103 Å². The summed E-state index contributed by atoms with van der Waals surface area (Å²) < 4.78 is 4.39. The number of rotatable bonds is 2. The maximum Gasteiger partial charge on any atom is 0.197 e. The zero-order valence-electron chi connectivity index (χ0n) is 22.4. The summed E-state index contributed by atoms with van der Waals surface area (Å²) in [7, 11) is 0. The molecule has 0 atom stereocenters. The quantitative estimate of drug-likeness (QED) is 0.164. The monoisotopic (exact) mass is 538 g/mol. The van der Waals surface area contributed by atoms with Crippen LogP contribution in [0.1, 0.15) is 0 Å². The van der Waals surface area contributed by atoms with Gasteiger partial charge in [0.1, 0.15) is 0 Å². The molecule has 4 nitrogen and oxygen atoms in total. The van der Waals surface area contributed by atoms with E-state index in [0.717, 1.165) is 49.7 Å². The van der Waals surface area contributed by atoms with Crippen LogP contribution >= 0.6 is 0 Å². The highest BCUT2D eigenvalue weighted by molar-refractivity contribution is 6.16. The Hall–Kier alpha value is -5.74. The first kappa shape index (κ1) is 23.0. The Balaban J connectivity index is 1.57. The molecule has 0 aliphatic rings. The van der Waals surface area contributed by atoms with Gasteiger partial charge >= 0.3 is 0 Å². The van der Waals surface area contributed by atoms with Gasteiger partial charge in [-0.25, -0.2) is 0 Å². The van der Waals surface area contributed by atoms with E-state index >= 15 is 0 Å². The van der Waals surface area contributed by atoms with E-state index in [1.165, 1.54) is 0 Å². The third-order valence-electron chi connectivity index (χ3n) is 8.63. The Morgan fingerprint density at radius 1 is 0.429 bits per heavy atom. The Bertz CT molecular complexity index is 2650. The number of fused-ring (bicyclic) bond motifs is 7. The first-order valence-electron chi connectivity index (χ1n) is 14.0. The lowest BCUT2D eigenvalue weighted by atomic mass is 9.96. The molecule has 0 bridgehead atoms. The van der Waals surface area contributed by atoms with Crippen LogP contribution in [0.3, 0.4) is 0 Å². The van der Waals surface area contributed by atoms with Gasteiger partial charge in [0, 0.05) is 32.6 Å². The Labute approximate surface area is 239 Å². The van der Waals surface area contributed by atoms with Crippen molar-refractivity contribution in [2.24, 2.45) is 0 Å². The topological polar surface area (TPSA) is 43.5 Å². The molecule has 0 N–H and O–H groups in total. The van der Waals surface area contributed by atoms with Crippen LogP contribution in [0.2, 0.25) is 0 Å². The molecule has 196 valence electrons. The molecule has 0 amide bonds. The van der Waals surface area contributed by atoms with Crippen LogP contribution in [0.15, 0.2) is 143 Å². The predicted octanol–water partition coefficient (Wildman–Crippen LogP) is 8.32. The highest BCUT2D eigenvalue weighted by atomic mass is 16.1. The number of nitrogens with zero attached hydrogens (tertiary/aromatic N) is 2. The third-order valence-corrected chi connectivity index (χ3v) is 8.63. The standard InChI is InChI=1S/C38H22N2O2/c41-37-27-17-9-18-28-36(27)40(32-20-10-16-25(35(32)38(28)42)23-11-3-1-4-12-23)34-22-33-29(21-30(34)37)26-15-7-8-19-31(26)39(33)24-13-5-2-6-14-24/h1-22H. The fourth-order valence-electron chi connectivity index (χ4n) is 6.85. The number of hydrogen-bond donors (Lipinski definition) is 0. The lowest BCUT2D eigenvalue weighted by molar-refractivity contribution is 1.18. The van der Waals surface area contributed by atoms with Crippen LogP contribution in [0.4, 0.5) is 0 Å². The van der Waals surface area contributed by atoms with E-state index in [4.69, 9.17) is 0 Å². The van der Waals surface area contributed by atoms with Gasteiger partial charge in [-0.2, -0.15) is 0 Å². The minimum atomic E-state index is -0.0630. The fourth-order valence-corrected chi connectivity index (χ4v) is 6.85. The summed E-state index contributed by atoms with van der Waals surface area (Å²) in [5, 5.41) is 4.49. The van der Waals surface area contributed by atoms with Crippen molar-refractivity contribution in [3.05, 3.63) is 154 Å². The van der Waals surface area contributed by atoms with Crippen molar-refractivity contribution >= 4 is 59.9 Å². The van der Waals surface area contributed by atoms with Gasteiger partial charge < -0.3 is 8.97 Å². The van der Waals surface area contributed by atoms with Crippen LogP contribution in [0.5, 0.6) is 0 Å². The predicted molar refractivity (Wildman–Crippen MR) is 173 cm³/mol. The van der Waals surface area contributed by atoms with Gasteiger partial charge in [0.05, 0.1) is 33.0 Å². The fraction of sp³-hybridized carbons (Fsp3) is 0. The minimum Gasteiger partial charge on any atom is -0.309 e. The van der Waals surface area contributed by atoms with Gasteiger partial charge in [-0.1, -0.05) is 84.9 Å². The highest BCUT2D eigenvalue weighted by Gasteiger charge is 2.21.